The first-order valence-electron chi connectivity index (χ1n) is 8.77. The SMILES string of the molecule is CN=C(NC[C@H]1CCCN1CC(C)C)NC(C)c1ccc(C)o1.I. The highest BCUT2D eigenvalue weighted by atomic mass is 127. The van der Waals surface area contributed by atoms with Crippen molar-refractivity contribution in [2.75, 3.05) is 26.7 Å². The number of nitrogens with one attached hydrogen (secondary N) is 2. The van der Waals surface area contributed by atoms with Crippen molar-refractivity contribution in [3.05, 3.63) is 23.7 Å². The summed E-state index contributed by atoms with van der Waals surface area (Å²) in [7, 11) is 1.82. The zero-order valence-electron chi connectivity index (χ0n) is 15.6. The van der Waals surface area contributed by atoms with Gasteiger partial charge in [-0.1, -0.05) is 13.8 Å². The molecule has 1 aliphatic heterocycles. The summed E-state index contributed by atoms with van der Waals surface area (Å²) in [5.74, 6) is 3.43. The van der Waals surface area contributed by atoms with Crippen LogP contribution in [0.3, 0.4) is 0 Å². The van der Waals surface area contributed by atoms with E-state index < -0.39 is 0 Å². The summed E-state index contributed by atoms with van der Waals surface area (Å²) in [5, 5.41) is 6.88. The number of aliphatic imine (C=N–C) groups is 1. The summed E-state index contributed by atoms with van der Waals surface area (Å²) in [6.45, 7) is 12.0. The van der Waals surface area contributed by atoms with Gasteiger partial charge in [0.05, 0.1) is 6.04 Å². The number of nitrogens with zero attached hydrogens (tertiary/aromatic N) is 2. The van der Waals surface area contributed by atoms with Gasteiger partial charge in [-0.3, -0.25) is 9.89 Å². The van der Waals surface area contributed by atoms with Crippen molar-refractivity contribution in [3.8, 4) is 0 Å². The lowest BCUT2D eigenvalue weighted by molar-refractivity contribution is 0.226. The number of aryl methyl sites for hydroxylation is 1. The van der Waals surface area contributed by atoms with Crippen LogP contribution in [0.5, 0.6) is 0 Å². The van der Waals surface area contributed by atoms with E-state index in [0.29, 0.717) is 6.04 Å². The monoisotopic (exact) mass is 448 g/mol. The van der Waals surface area contributed by atoms with Crippen molar-refractivity contribution in [2.45, 2.75) is 52.6 Å². The molecule has 0 saturated carbocycles. The molecule has 1 unspecified atom stereocenters. The van der Waals surface area contributed by atoms with Crippen LogP contribution in [0.2, 0.25) is 0 Å². The van der Waals surface area contributed by atoms with Crippen LogP contribution in [0.4, 0.5) is 0 Å². The Hall–Kier alpha value is -0.760. The quantitative estimate of drug-likeness (QED) is 0.397. The highest BCUT2D eigenvalue weighted by molar-refractivity contribution is 14.0. The molecule has 0 bridgehead atoms. The van der Waals surface area contributed by atoms with Crippen LogP contribution in [0.15, 0.2) is 21.5 Å². The highest BCUT2D eigenvalue weighted by Gasteiger charge is 2.25. The molecule has 138 valence electrons. The molecule has 2 N–H and O–H groups in total. The van der Waals surface area contributed by atoms with E-state index in [1.54, 1.807) is 0 Å². The Morgan fingerprint density at radius 2 is 2.12 bits per heavy atom. The van der Waals surface area contributed by atoms with Crippen LogP contribution >= 0.6 is 24.0 Å². The fraction of sp³-hybridized carbons (Fsp3) is 0.722. The molecule has 1 saturated heterocycles. The van der Waals surface area contributed by atoms with Crippen LogP contribution < -0.4 is 10.6 Å². The third-order valence-electron chi connectivity index (χ3n) is 4.37. The summed E-state index contributed by atoms with van der Waals surface area (Å²) < 4.78 is 5.68. The standard InChI is InChI=1S/C18H32N4O.HI/c1-13(2)12-22-10-6-7-16(22)11-20-18(19-5)21-15(4)17-9-8-14(3)23-17;/h8-9,13,15-16H,6-7,10-12H2,1-5H3,(H2,19,20,21);1H/t15?,16-;/m1./s1. The molecule has 0 spiro atoms. The Labute approximate surface area is 163 Å². The van der Waals surface area contributed by atoms with Crippen molar-refractivity contribution in [2.24, 2.45) is 10.9 Å². The van der Waals surface area contributed by atoms with E-state index in [9.17, 15) is 0 Å². The molecule has 0 amide bonds. The summed E-state index contributed by atoms with van der Waals surface area (Å²) in [4.78, 5) is 6.94. The van der Waals surface area contributed by atoms with Crippen LogP contribution in [-0.4, -0.2) is 43.6 Å². The van der Waals surface area contributed by atoms with Crippen molar-refractivity contribution >= 4 is 29.9 Å². The Bertz CT molecular complexity index is 515. The predicted molar refractivity (Wildman–Crippen MR) is 111 cm³/mol. The van der Waals surface area contributed by atoms with Crippen molar-refractivity contribution in [1.82, 2.24) is 15.5 Å². The van der Waals surface area contributed by atoms with Gasteiger partial charge in [0.2, 0.25) is 0 Å². The van der Waals surface area contributed by atoms with Gasteiger partial charge in [-0.2, -0.15) is 0 Å². The lowest BCUT2D eigenvalue weighted by Crippen LogP contribution is -2.46. The fourth-order valence-electron chi connectivity index (χ4n) is 3.21. The van der Waals surface area contributed by atoms with Crippen molar-refractivity contribution < 1.29 is 4.42 Å². The second-order valence-electron chi connectivity index (χ2n) is 6.95. The lowest BCUT2D eigenvalue weighted by Gasteiger charge is -2.27. The Balaban J connectivity index is 0.00000288. The molecule has 24 heavy (non-hydrogen) atoms. The number of likely N-dealkylation sites (tertiary alicyclic amines) is 1. The molecule has 0 aliphatic carbocycles. The fourth-order valence-corrected chi connectivity index (χ4v) is 3.21. The molecule has 2 atom stereocenters. The van der Waals surface area contributed by atoms with Gasteiger partial charge in [0.15, 0.2) is 5.96 Å². The first-order valence-corrected chi connectivity index (χ1v) is 8.77. The van der Waals surface area contributed by atoms with E-state index in [4.69, 9.17) is 4.42 Å². The van der Waals surface area contributed by atoms with E-state index in [1.165, 1.54) is 25.9 Å². The lowest BCUT2D eigenvalue weighted by atomic mass is 10.1. The number of furan rings is 1. The maximum absolute atomic E-state index is 5.68. The summed E-state index contributed by atoms with van der Waals surface area (Å²) in [6, 6.07) is 4.72. The van der Waals surface area contributed by atoms with E-state index in [1.807, 2.05) is 26.1 Å². The highest BCUT2D eigenvalue weighted by Crippen LogP contribution is 2.18. The van der Waals surface area contributed by atoms with Gasteiger partial charge >= 0.3 is 0 Å². The van der Waals surface area contributed by atoms with Crippen molar-refractivity contribution in [1.29, 1.82) is 0 Å². The van der Waals surface area contributed by atoms with Gasteiger partial charge in [0.1, 0.15) is 11.5 Å². The molecule has 1 aromatic heterocycles. The maximum atomic E-state index is 5.68. The topological polar surface area (TPSA) is 52.8 Å². The van der Waals surface area contributed by atoms with E-state index in [-0.39, 0.29) is 30.0 Å². The molecular formula is C18H33IN4O. The number of halogens is 1. The number of rotatable bonds is 6. The molecule has 0 aromatic carbocycles. The smallest absolute Gasteiger partial charge is 0.191 e. The minimum absolute atomic E-state index is 0. The molecule has 2 heterocycles. The molecule has 1 fully saturated rings. The van der Waals surface area contributed by atoms with E-state index in [0.717, 1.165) is 29.9 Å². The summed E-state index contributed by atoms with van der Waals surface area (Å²) in [5.41, 5.74) is 0. The summed E-state index contributed by atoms with van der Waals surface area (Å²) in [6.07, 6.45) is 2.57. The molecule has 1 aromatic rings. The zero-order chi connectivity index (χ0) is 16.8. The van der Waals surface area contributed by atoms with Gasteiger partial charge < -0.3 is 15.1 Å². The second kappa shape index (κ2) is 10.3. The molecule has 6 heteroatoms. The summed E-state index contributed by atoms with van der Waals surface area (Å²) >= 11 is 0. The molecule has 5 nitrogen and oxygen atoms in total. The van der Waals surface area contributed by atoms with Crippen LogP contribution in [-0.2, 0) is 0 Å². The molecule has 0 radical (unpaired) electrons. The van der Waals surface area contributed by atoms with E-state index >= 15 is 0 Å². The Kier molecular flexibility index (Phi) is 9.12. The van der Waals surface area contributed by atoms with E-state index in [2.05, 4.69) is 41.3 Å². The Morgan fingerprint density at radius 3 is 2.71 bits per heavy atom. The average Bonchev–Trinajstić information content (AvgIpc) is 3.12. The van der Waals surface area contributed by atoms with Gasteiger partial charge in [-0.25, -0.2) is 0 Å². The first kappa shape index (κ1) is 21.3. The normalized spacial score (nSPS) is 20.1. The largest absolute Gasteiger partial charge is 0.464 e. The van der Waals surface area contributed by atoms with Crippen LogP contribution in [0.25, 0.3) is 0 Å². The van der Waals surface area contributed by atoms with Crippen LogP contribution in [0.1, 0.15) is 51.2 Å². The zero-order valence-corrected chi connectivity index (χ0v) is 18.0. The van der Waals surface area contributed by atoms with Gasteiger partial charge in [0.25, 0.3) is 0 Å². The third-order valence-corrected chi connectivity index (χ3v) is 4.37. The minimum Gasteiger partial charge on any atom is -0.464 e. The minimum atomic E-state index is 0. The number of hydrogen-bond acceptors (Lipinski definition) is 3. The maximum Gasteiger partial charge on any atom is 0.191 e. The van der Waals surface area contributed by atoms with Gasteiger partial charge in [-0.15, -0.1) is 24.0 Å². The second-order valence-corrected chi connectivity index (χ2v) is 6.95. The molecule has 2 rings (SSSR count). The average molecular weight is 448 g/mol. The Morgan fingerprint density at radius 1 is 1.38 bits per heavy atom. The molecule has 1 aliphatic rings. The first-order chi connectivity index (χ1) is 11.0. The number of hydrogen-bond donors (Lipinski definition) is 2. The molecular weight excluding hydrogens is 415 g/mol. The van der Waals surface area contributed by atoms with Crippen LogP contribution in [0, 0.1) is 12.8 Å². The number of guanidine groups is 1. The van der Waals surface area contributed by atoms with Gasteiger partial charge in [-0.05, 0) is 51.3 Å². The van der Waals surface area contributed by atoms with Gasteiger partial charge in [0, 0.05) is 26.2 Å². The van der Waals surface area contributed by atoms with Crippen molar-refractivity contribution in [3.63, 3.8) is 0 Å². The third kappa shape index (κ3) is 6.27. The predicted octanol–water partition coefficient (Wildman–Crippen LogP) is 3.55.